The van der Waals surface area contributed by atoms with Gasteiger partial charge in [0.15, 0.2) is 0 Å². The summed E-state index contributed by atoms with van der Waals surface area (Å²) in [5, 5.41) is 8.74. The number of rotatable bonds is 13. The molecule has 5 nitrogen and oxygen atoms in total. The number of nitrogens with zero attached hydrogens (tertiary/aromatic N) is 2. The van der Waals surface area contributed by atoms with E-state index in [2.05, 4.69) is 41.0 Å². The normalized spacial score (nSPS) is 10.6. The number of hydrogen-bond donors (Lipinski definition) is 1. The maximum absolute atomic E-state index is 10.6. The molecule has 1 heterocycles. The van der Waals surface area contributed by atoms with Crippen molar-refractivity contribution in [3.05, 3.63) is 91.0 Å². The number of para-hydroxylation sites is 1. The maximum atomic E-state index is 10.6. The molecule has 0 aliphatic carbocycles. The van der Waals surface area contributed by atoms with Gasteiger partial charge in [0, 0.05) is 17.5 Å². The third-order valence-corrected chi connectivity index (χ3v) is 5.97. The molecule has 0 atom stereocenters. The predicted molar refractivity (Wildman–Crippen MR) is 147 cm³/mol. The number of carbonyl (C=O) groups is 1. The van der Waals surface area contributed by atoms with Crippen molar-refractivity contribution >= 4 is 35.5 Å². The number of benzene rings is 3. The predicted octanol–water partition coefficient (Wildman–Crippen LogP) is 6.75. The summed E-state index contributed by atoms with van der Waals surface area (Å²) in [5.74, 6) is -0.711. The topological polar surface area (TPSA) is 64.3 Å². The average molecular weight is 493 g/mol. The number of ether oxygens (including phenoxy) is 1. The van der Waals surface area contributed by atoms with Crippen LogP contribution in [-0.2, 0) is 4.79 Å². The van der Waals surface area contributed by atoms with Crippen molar-refractivity contribution in [3.63, 3.8) is 0 Å². The molecule has 0 saturated heterocycles. The zero-order valence-corrected chi connectivity index (χ0v) is 20.0. The first-order valence-electron chi connectivity index (χ1n) is 12.4. The van der Waals surface area contributed by atoms with E-state index >= 15 is 0 Å². The van der Waals surface area contributed by atoms with Gasteiger partial charge in [0.05, 0.1) is 18.0 Å². The van der Waals surface area contributed by atoms with E-state index in [9.17, 15) is 4.79 Å². The van der Waals surface area contributed by atoms with Crippen LogP contribution in [0.15, 0.2) is 91.0 Å². The number of aliphatic carboxylic acids is 1. The zero-order valence-electron chi connectivity index (χ0n) is 20.0. The monoisotopic (exact) mass is 492 g/mol. The van der Waals surface area contributed by atoms with Gasteiger partial charge < -0.3 is 9.84 Å². The van der Waals surface area contributed by atoms with Gasteiger partial charge >= 0.3 is 41.5 Å². The summed E-state index contributed by atoms with van der Waals surface area (Å²) in [5.41, 5.74) is 5.05. The second-order valence-corrected chi connectivity index (χ2v) is 8.61. The number of hydrogen-bond acceptors (Lipinski definition) is 3. The van der Waals surface area contributed by atoms with Gasteiger partial charge in [0.2, 0.25) is 0 Å². The third-order valence-electron chi connectivity index (χ3n) is 5.97. The zero-order chi connectivity index (χ0) is 24.3. The Balaban J connectivity index is 0.00000361. The number of unbranched alkanes of at least 4 members (excludes halogenated alkanes) is 5. The first-order chi connectivity index (χ1) is 17.2. The SMILES string of the molecule is O=C(O)CCCCCCCCOc1nc(-c2ccccc2)c(-c2ccccc2)n1-c1ccccc1.[NaH]. The fraction of sp³-hybridized carbons (Fsp3) is 0.267. The van der Waals surface area contributed by atoms with Gasteiger partial charge in [0.1, 0.15) is 5.69 Å². The van der Waals surface area contributed by atoms with Crippen LogP contribution in [0.5, 0.6) is 6.01 Å². The first kappa shape index (κ1) is 27.7. The van der Waals surface area contributed by atoms with Gasteiger partial charge in [0.25, 0.3) is 0 Å². The molecule has 36 heavy (non-hydrogen) atoms. The standard InChI is InChI=1S/C30H32N2O3.Na.H/c33-27(34)22-14-3-1-2-4-15-23-35-30-31-28(24-16-8-5-9-17-24)29(25-18-10-6-11-19-25)32(30)26-20-12-7-13-21-26;;/h5-13,16-21H,1-4,14-15,22-23H2,(H,33,34);;. The second-order valence-electron chi connectivity index (χ2n) is 8.61. The Bertz CT molecular complexity index is 1200. The molecule has 6 heteroatoms. The second kappa shape index (κ2) is 14.6. The summed E-state index contributed by atoms with van der Waals surface area (Å²) in [6.07, 6.45) is 6.11. The van der Waals surface area contributed by atoms with Gasteiger partial charge in [-0.15, -0.1) is 0 Å². The van der Waals surface area contributed by atoms with E-state index in [1.807, 2.05) is 54.6 Å². The molecule has 0 amide bonds. The van der Waals surface area contributed by atoms with Crippen molar-refractivity contribution in [2.45, 2.75) is 44.9 Å². The summed E-state index contributed by atoms with van der Waals surface area (Å²) < 4.78 is 8.40. The molecule has 0 bridgehead atoms. The molecule has 3 aromatic carbocycles. The summed E-state index contributed by atoms with van der Waals surface area (Å²) in [4.78, 5) is 15.6. The van der Waals surface area contributed by atoms with Crippen LogP contribution in [0.3, 0.4) is 0 Å². The van der Waals surface area contributed by atoms with Crippen molar-refractivity contribution in [3.8, 4) is 34.2 Å². The third kappa shape index (κ3) is 7.57. The van der Waals surface area contributed by atoms with Gasteiger partial charge in [-0.25, -0.2) is 0 Å². The Morgan fingerprint density at radius 3 is 1.86 bits per heavy atom. The molecule has 182 valence electrons. The summed E-state index contributed by atoms with van der Waals surface area (Å²) in [6.45, 7) is 0.585. The van der Waals surface area contributed by atoms with Crippen LogP contribution >= 0.6 is 0 Å². The van der Waals surface area contributed by atoms with Crippen LogP contribution in [0.4, 0.5) is 0 Å². The fourth-order valence-corrected chi connectivity index (χ4v) is 4.22. The van der Waals surface area contributed by atoms with Crippen LogP contribution in [0.25, 0.3) is 28.2 Å². The number of aromatic nitrogens is 2. The summed E-state index contributed by atoms with van der Waals surface area (Å²) in [6, 6.07) is 31.4. The van der Waals surface area contributed by atoms with Crippen LogP contribution in [0, 0.1) is 0 Å². The van der Waals surface area contributed by atoms with Gasteiger partial charge in [-0.05, 0) is 25.0 Å². The van der Waals surface area contributed by atoms with E-state index in [0.29, 0.717) is 12.6 Å². The molecule has 0 aliphatic heterocycles. The molecule has 0 fully saturated rings. The molecule has 0 aliphatic rings. The summed E-state index contributed by atoms with van der Waals surface area (Å²) >= 11 is 0. The first-order valence-corrected chi connectivity index (χ1v) is 12.4. The van der Waals surface area contributed by atoms with E-state index in [4.69, 9.17) is 14.8 Å². The van der Waals surface area contributed by atoms with Crippen molar-refractivity contribution in [1.82, 2.24) is 9.55 Å². The molecule has 4 aromatic rings. The van der Waals surface area contributed by atoms with E-state index in [-0.39, 0.29) is 36.0 Å². The van der Waals surface area contributed by atoms with E-state index in [1.54, 1.807) is 0 Å². The Labute approximate surface area is 235 Å². The molecule has 0 saturated carbocycles. The Kier molecular flexibility index (Phi) is 11.3. The van der Waals surface area contributed by atoms with Gasteiger partial charge in [-0.3, -0.25) is 9.36 Å². The Hall–Kier alpha value is -2.86. The quantitative estimate of drug-likeness (QED) is 0.166. The average Bonchev–Trinajstić information content (AvgIpc) is 3.28. The Morgan fingerprint density at radius 1 is 0.722 bits per heavy atom. The van der Waals surface area contributed by atoms with Crippen molar-refractivity contribution in [2.24, 2.45) is 0 Å². The number of carboxylic acid groups (broad SMARTS) is 1. The molecule has 1 aromatic heterocycles. The molecule has 4 rings (SSSR count). The number of imidazole rings is 1. The molecule has 0 spiro atoms. The van der Waals surface area contributed by atoms with Crippen molar-refractivity contribution in [2.75, 3.05) is 6.61 Å². The molecular weight excluding hydrogens is 459 g/mol. The van der Waals surface area contributed by atoms with Crippen LogP contribution < -0.4 is 4.74 Å². The Morgan fingerprint density at radius 2 is 1.25 bits per heavy atom. The van der Waals surface area contributed by atoms with E-state index in [1.165, 1.54) is 0 Å². The molecule has 0 radical (unpaired) electrons. The van der Waals surface area contributed by atoms with Crippen LogP contribution in [0.1, 0.15) is 44.9 Å². The minimum absolute atomic E-state index is 0. The van der Waals surface area contributed by atoms with Crippen molar-refractivity contribution < 1.29 is 14.6 Å². The van der Waals surface area contributed by atoms with Crippen LogP contribution in [0.2, 0.25) is 0 Å². The summed E-state index contributed by atoms with van der Waals surface area (Å²) in [7, 11) is 0. The molecule has 1 N–H and O–H groups in total. The van der Waals surface area contributed by atoms with Crippen LogP contribution in [-0.4, -0.2) is 56.8 Å². The van der Waals surface area contributed by atoms with E-state index < -0.39 is 5.97 Å². The van der Waals surface area contributed by atoms with E-state index in [0.717, 1.165) is 66.7 Å². The molecule has 0 unspecified atom stereocenters. The fourth-order valence-electron chi connectivity index (χ4n) is 4.22. The minimum atomic E-state index is -0.711. The van der Waals surface area contributed by atoms with Gasteiger partial charge in [-0.2, -0.15) is 4.98 Å². The number of carboxylic acids is 1. The van der Waals surface area contributed by atoms with Gasteiger partial charge in [-0.1, -0.05) is 105 Å². The van der Waals surface area contributed by atoms with Crippen molar-refractivity contribution in [1.29, 1.82) is 0 Å². The molecular formula is C30H33N2NaO3.